The summed E-state index contributed by atoms with van der Waals surface area (Å²) < 4.78 is 6.03. The number of hydrogen-bond donors (Lipinski definition) is 2. The number of carboxylic acid groups (broad SMARTS) is 1. The molecule has 0 saturated carbocycles. The summed E-state index contributed by atoms with van der Waals surface area (Å²) in [5.41, 5.74) is 7.73. The molecule has 0 aromatic heterocycles. The van der Waals surface area contributed by atoms with Crippen LogP contribution in [-0.2, 0) is 0 Å². The molecule has 126 valence electrons. The third-order valence-electron chi connectivity index (χ3n) is 4.19. The van der Waals surface area contributed by atoms with Gasteiger partial charge in [0, 0.05) is 26.2 Å². The largest absolute Gasteiger partial charge is 0.465 e. The number of anilines is 3. The molecule has 2 aromatic rings. The summed E-state index contributed by atoms with van der Waals surface area (Å²) in [6, 6.07) is 12.9. The zero-order valence-corrected chi connectivity index (χ0v) is 13.6. The van der Waals surface area contributed by atoms with Crippen molar-refractivity contribution in [2.45, 2.75) is 12.8 Å². The number of carbonyl (C=O) groups is 1. The molecule has 2 aromatic carbocycles. The lowest BCUT2D eigenvalue weighted by Gasteiger charge is -2.22. The maximum atomic E-state index is 11.2. The molecule has 0 atom stereocenters. The molecule has 0 aliphatic carbocycles. The van der Waals surface area contributed by atoms with Crippen LogP contribution in [0.5, 0.6) is 11.5 Å². The Morgan fingerprint density at radius 2 is 1.92 bits per heavy atom. The van der Waals surface area contributed by atoms with Crippen LogP contribution < -0.4 is 20.3 Å². The van der Waals surface area contributed by atoms with Crippen LogP contribution in [-0.4, -0.2) is 31.3 Å². The van der Waals surface area contributed by atoms with Gasteiger partial charge in [0.25, 0.3) is 0 Å². The normalized spacial score (nSPS) is 13.8. The number of amides is 1. The Morgan fingerprint density at radius 1 is 1.21 bits per heavy atom. The Labute approximate surface area is 141 Å². The minimum absolute atomic E-state index is 0.389. The number of nitrogen functional groups attached to an aromatic ring is 1. The summed E-state index contributed by atoms with van der Waals surface area (Å²) in [4.78, 5) is 14.6. The molecule has 1 aliphatic rings. The van der Waals surface area contributed by atoms with E-state index >= 15 is 0 Å². The Morgan fingerprint density at radius 3 is 2.62 bits per heavy atom. The Bertz CT molecular complexity index is 742. The summed E-state index contributed by atoms with van der Waals surface area (Å²) in [5, 5.41) is 9.15. The van der Waals surface area contributed by atoms with Crippen molar-refractivity contribution in [3.63, 3.8) is 0 Å². The molecule has 1 amide bonds. The molecule has 0 spiro atoms. The molecular formula is C18H21N3O3. The van der Waals surface area contributed by atoms with Gasteiger partial charge in [-0.3, -0.25) is 4.90 Å². The van der Waals surface area contributed by atoms with E-state index in [4.69, 9.17) is 15.6 Å². The zero-order valence-electron chi connectivity index (χ0n) is 13.6. The molecule has 1 saturated heterocycles. The maximum Gasteiger partial charge on any atom is 0.411 e. The van der Waals surface area contributed by atoms with Gasteiger partial charge in [-0.2, -0.15) is 0 Å². The second-order valence-electron chi connectivity index (χ2n) is 5.83. The molecule has 6 heteroatoms. The molecule has 3 N–H and O–H groups in total. The van der Waals surface area contributed by atoms with Crippen molar-refractivity contribution in [2.24, 2.45) is 0 Å². The van der Waals surface area contributed by atoms with Gasteiger partial charge in [-0.25, -0.2) is 4.79 Å². The van der Waals surface area contributed by atoms with Crippen molar-refractivity contribution in [3.8, 4) is 11.5 Å². The van der Waals surface area contributed by atoms with Gasteiger partial charge >= 0.3 is 6.09 Å². The highest BCUT2D eigenvalue weighted by Gasteiger charge is 2.17. The predicted molar refractivity (Wildman–Crippen MR) is 95.2 cm³/mol. The fraction of sp³-hybridized carbons (Fsp3) is 0.278. The van der Waals surface area contributed by atoms with E-state index in [0.717, 1.165) is 29.4 Å². The van der Waals surface area contributed by atoms with Crippen LogP contribution in [0.1, 0.15) is 12.8 Å². The maximum absolute atomic E-state index is 11.2. The van der Waals surface area contributed by atoms with Crippen LogP contribution in [0.3, 0.4) is 0 Å². The fourth-order valence-electron chi connectivity index (χ4n) is 2.87. The molecule has 6 nitrogen and oxygen atoms in total. The molecule has 3 rings (SSSR count). The smallest absolute Gasteiger partial charge is 0.411 e. The number of para-hydroxylation sites is 2. The highest BCUT2D eigenvalue weighted by atomic mass is 16.5. The first-order chi connectivity index (χ1) is 11.6. The van der Waals surface area contributed by atoms with E-state index in [1.807, 2.05) is 24.3 Å². The summed E-state index contributed by atoms with van der Waals surface area (Å²) in [7, 11) is 1.45. The molecule has 0 bridgehead atoms. The van der Waals surface area contributed by atoms with E-state index in [9.17, 15) is 4.79 Å². The third-order valence-corrected chi connectivity index (χ3v) is 4.19. The van der Waals surface area contributed by atoms with Crippen LogP contribution >= 0.6 is 0 Å². The number of nitrogens with zero attached hydrogens (tertiary/aromatic N) is 2. The highest BCUT2D eigenvalue weighted by Crippen LogP contribution is 2.36. The number of hydrogen-bond acceptors (Lipinski definition) is 4. The molecule has 0 unspecified atom stereocenters. The van der Waals surface area contributed by atoms with E-state index in [0.29, 0.717) is 17.1 Å². The zero-order chi connectivity index (χ0) is 17.1. The third kappa shape index (κ3) is 3.22. The van der Waals surface area contributed by atoms with Gasteiger partial charge in [-0.1, -0.05) is 12.1 Å². The van der Waals surface area contributed by atoms with Crippen molar-refractivity contribution in [2.75, 3.05) is 35.7 Å². The second-order valence-corrected chi connectivity index (χ2v) is 5.83. The van der Waals surface area contributed by atoms with Crippen LogP contribution in [0.2, 0.25) is 0 Å². The first-order valence-electron chi connectivity index (χ1n) is 7.94. The van der Waals surface area contributed by atoms with Crippen molar-refractivity contribution >= 4 is 23.2 Å². The van der Waals surface area contributed by atoms with Crippen LogP contribution in [0.25, 0.3) is 0 Å². The van der Waals surface area contributed by atoms with E-state index in [-0.39, 0.29) is 0 Å². The van der Waals surface area contributed by atoms with Gasteiger partial charge in [0.2, 0.25) is 0 Å². The topological polar surface area (TPSA) is 79.0 Å². The van der Waals surface area contributed by atoms with E-state index < -0.39 is 6.09 Å². The molecule has 0 radical (unpaired) electrons. The van der Waals surface area contributed by atoms with E-state index in [1.54, 1.807) is 18.2 Å². The van der Waals surface area contributed by atoms with Crippen molar-refractivity contribution in [1.82, 2.24) is 0 Å². The summed E-state index contributed by atoms with van der Waals surface area (Å²) in [6.07, 6.45) is 1.30. The van der Waals surface area contributed by atoms with Gasteiger partial charge in [0.05, 0.1) is 17.1 Å². The van der Waals surface area contributed by atoms with E-state index in [2.05, 4.69) is 4.90 Å². The van der Waals surface area contributed by atoms with Crippen molar-refractivity contribution in [1.29, 1.82) is 0 Å². The lowest BCUT2D eigenvalue weighted by molar-refractivity contribution is 0.203. The van der Waals surface area contributed by atoms with Crippen LogP contribution in [0, 0.1) is 0 Å². The number of benzene rings is 2. The fourth-order valence-corrected chi connectivity index (χ4v) is 2.87. The molecule has 1 fully saturated rings. The lowest BCUT2D eigenvalue weighted by Crippen LogP contribution is -2.24. The van der Waals surface area contributed by atoms with Gasteiger partial charge in [-0.05, 0) is 37.1 Å². The standard InChI is InChI=1S/C18H21N3O3/c1-20(18(22)23)16-12-13(8-9-14(16)19)24-17-7-3-2-6-15(17)21-10-4-5-11-21/h2-3,6-9,12H,4-5,10-11,19H2,1H3,(H,22,23). The average Bonchev–Trinajstić information content (AvgIpc) is 3.10. The monoisotopic (exact) mass is 327 g/mol. The SMILES string of the molecule is CN(C(=O)O)c1cc(Oc2ccccc2N2CCCC2)ccc1N. The summed E-state index contributed by atoms with van der Waals surface area (Å²) in [6.45, 7) is 2.05. The highest BCUT2D eigenvalue weighted by molar-refractivity contribution is 5.90. The lowest BCUT2D eigenvalue weighted by atomic mass is 10.2. The number of ether oxygens (including phenoxy) is 1. The second kappa shape index (κ2) is 6.70. The Kier molecular flexibility index (Phi) is 4.46. The van der Waals surface area contributed by atoms with Crippen molar-refractivity contribution in [3.05, 3.63) is 42.5 Å². The van der Waals surface area contributed by atoms with Crippen LogP contribution in [0.4, 0.5) is 21.9 Å². The average molecular weight is 327 g/mol. The van der Waals surface area contributed by atoms with Gasteiger partial charge in [0.1, 0.15) is 5.75 Å². The summed E-state index contributed by atoms with van der Waals surface area (Å²) >= 11 is 0. The molecular weight excluding hydrogens is 306 g/mol. The predicted octanol–water partition coefficient (Wildman–Crippen LogP) is 3.78. The number of nitrogens with two attached hydrogens (primary N) is 1. The van der Waals surface area contributed by atoms with Gasteiger partial charge in [-0.15, -0.1) is 0 Å². The Balaban J connectivity index is 1.89. The van der Waals surface area contributed by atoms with Gasteiger partial charge < -0.3 is 20.5 Å². The Hall–Kier alpha value is -2.89. The molecule has 1 heterocycles. The van der Waals surface area contributed by atoms with Gasteiger partial charge in [0.15, 0.2) is 5.75 Å². The number of rotatable bonds is 4. The molecule has 24 heavy (non-hydrogen) atoms. The summed E-state index contributed by atoms with van der Waals surface area (Å²) in [5.74, 6) is 1.31. The van der Waals surface area contributed by atoms with Crippen LogP contribution in [0.15, 0.2) is 42.5 Å². The first kappa shape index (κ1) is 16.0. The molecule has 1 aliphatic heterocycles. The quantitative estimate of drug-likeness (QED) is 0.836. The first-order valence-corrected chi connectivity index (χ1v) is 7.94. The van der Waals surface area contributed by atoms with Crippen molar-refractivity contribution < 1.29 is 14.6 Å². The minimum Gasteiger partial charge on any atom is -0.465 e. The minimum atomic E-state index is -1.07. The van der Waals surface area contributed by atoms with E-state index in [1.165, 1.54) is 19.9 Å².